The molecular weight excluding hydrogens is 334 g/mol. The molecule has 2 aromatic rings. The first-order chi connectivity index (χ1) is 12.6. The minimum Gasteiger partial charge on any atom is -0.341 e. The summed E-state index contributed by atoms with van der Waals surface area (Å²) >= 11 is 0. The lowest BCUT2D eigenvalue weighted by Gasteiger charge is -2.32. The second-order valence-electron chi connectivity index (χ2n) is 6.15. The Labute approximate surface area is 150 Å². The van der Waals surface area contributed by atoms with Crippen molar-refractivity contribution in [3.63, 3.8) is 0 Å². The van der Waals surface area contributed by atoms with Gasteiger partial charge in [-0.25, -0.2) is 8.78 Å². The van der Waals surface area contributed by atoms with Gasteiger partial charge in [0.1, 0.15) is 11.6 Å². The third-order valence-electron chi connectivity index (χ3n) is 4.44. The van der Waals surface area contributed by atoms with E-state index >= 15 is 0 Å². The zero-order valence-electron chi connectivity index (χ0n) is 13.9. The van der Waals surface area contributed by atoms with Crippen molar-refractivity contribution in [2.24, 2.45) is 0 Å². The molecule has 0 unspecified atom stereocenters. The van der Waals surface area contributed by atoms with E-state index < -0.39 is 0 Å². The van der Waals surface area contributed by atoms with E-state index in [1.807, 2.05) is 29.5 Å². The number of allylic oxidation sites excluding steroid dienone is 1. The van der Waals surface area contributed by atoms with E-state index in [0.717, 1.165) is 23.5 Å². The van der Waals surface area contributed by atoms with Crippen LogP contribution < -0.4 is 0 Å². The van der Waals surface area contributed by atoms with Gasteiger partial charge in [-0.1, -0.05) is 6.08 Å². The van der Waals surface area contributed by atoms with Crippen LogP contribution in [0.1, 0.15) is 15.9 Å². The standard InChI is InChI=1S/C21H16F2N2O/c22-17-7-3-15(4-8-17)20(26)14-25-13-12-24-11-1-2-19(24)21(25)16-5-9-18(23)10-6-16/h1-10,12-13H,11,14H2. The van der Waals surface area contributed by atoms with Gasteiger partial charge in [-0.05, 0) is 54.6 Å². The van der Waals surface area contributed by atoms with Crippen molar-refractivity contribution in [3.8, 4) is 0 Å². The SMILES string of the molecule is O=C(CN1C=CN2CC=CC2=C1c1ccc(F)cc1)c1ccc(F)cc1. The van der Waals surface area contributed by atoms with Gasteiger partial charge in [0.05, 0.1) is 17.9 Å². The summed E-state index contributed by atoms with van der Waals surface area (Å²) in [4.78, 5) is 16.5. The molecule has 4 rings (SSSR count). The second kappa shape index (κ2) is 6.59. The Kier molecular flexibility index (Phi) is 4.13. The highest BCUT2D eigenvalue weighted by molar-refractivity contribution is 5.98. The molecule has 5 heteroatoms. The van der Waals surface area contributed by atoms with Crippen LogP contribution in [0, 0.1) is 11.6 Å². The number of benzene rings is 2. The number of halogens is 2. The van der Waals surface area contributed by atoms with E-state index in [-0.39, 0.29) is 24.0 Å². The molecule has 0 N–H and O–H groups in total. The van der Waals surface area contributed by atoms with Gasteiger partial charge in [-0.15, -0.1) is 0 Å². The number of rotatable bonds is 4. The first kappa shape index (κ1) is 16.3. The van der Waals surface area contributed by atoms with Crippen molar-refractivity contribution >= 4 is 11.5 Å². The van der Waals surface area contributed by atoms with Crippen molar-refractivity contribution in [2.75, 3.05) is 13.1 Å². The van der Waals surface area contributed by atoms with Crippen molar-refractivity contribution in [1.29, 1.82) is 0 Å². The fourth-order valence-electron chi connectivity index (χ4n) is 3.15. The lowest BCUT2D eigenvalue weighted by molar-refractivity contribution is 0.0971. The summed E-state index contributed by atoms with van der Waals surface area (Å²) in [6.07, 6.45) is 7.79. The van der Waals surface area contributed by atoms with E-state index in [2.05, 4.69) is 4.90 Å². The second-order valence-corrected chi connectivity index (χ2v) is 6.15. The highest BCUT2D eigenvalue weighted by Gasteiger charge is 2.25. The van der Waals surface area contributed by atoms with Gasteiger partial charge in [0.25, 0.3) is 0 Å². The first-order valence-corrected chi connectivity index (χ1v) is 8.29. The van der Waals surface area contributed by atoms with E-state index in [0.29, 0.717) is 5.56 Å². The van der Waals surface area contributed by atoms with Crippen LogP contribution in [0.25, 0.3) is 5.70 Å². The molecule has 3 nitrogen and oxygen atoms in total. The van der Waals surface area contributed by atoms with Crippen LogP contribution in [0.5, 0.6) is 0 Å². The molecule has 2 heterocycles. The summed E-state index contributed by atoms with van der Waals surface area (Å²) in [7, 11) is 0. The number of carbonyl (C=O) groups excluding carboxylic acids is 1. The van der Waals surface area contributed by atoms with E-state index in [1.54, 1.807) is 12.1 Å². The minimum absolute atomic E-state index is 0.111. The Morgan fingerprint density at radius 3 is 2.27 bits per heavy atom. The van der Waals surface area contributed by atoms with Gasteiger partial charge < -0.3 is 9.80 Å². The fraction of sp³-hybridized carbons (Fsp3) is 0.0952. The number of fused-ring (bicyclic) bond motifs is 1. The van der Waals surface area contributed by atoms with E-state index in [4.69, 9.17) is 0 Å². The molecular formula is C21H16F2N2O. The molecule has 0 saturated heterocycles. The molecule has 2 aliphatic heterocycles. The van der Waals surface area contributed by atoms with Crippen molar-refractivity contribution in [2.45, 2.75) is 0 Å². The maximum absolute atomic E-state index is 13.3. The highest BCUT2D eigenvalue weighted by Crippen LogP contribution is 2.33. The molecule has 0 spiro atoms. The van der Waals surface area contributed by atoms with E-state index in [1.165, 1.54) is 36.4 Å². The number of hydrogen-bond donors (Lipinski definition) is 0. The lowest BCUT2D eigenvalue weighted by atomic mass is 10.1. The molecule has 0 aromatic heterocycles. The fourth-order valence-corrected chi connectivity index (χ4v) is 3.15. The largest absolute Gasteiger partial charge is 0.341 e. The summed E-state index contributed by atoms with van der Waals surface area (Å²) < 4.78 is 26.4. The molecule has 0 amide bonds. The molecule has 0 atom stereocenters. The average molecular weight is 350 g/mol. The maximum atomic E-state index is 13.3. The van der Waals surface area contributed by atoms with Crippen LogP contribution in [0.15, 0.2) is 78.8 Å². The molecule has 0 bridgehead atoms. The summed E-state index contributed by atoms with van der Waals surface area (Å²) in [6, 6.07) is 11.7. The monoisotopic (exact) mass is 350 g/mol. The van der Waals surface area contributed by atoms with Gasteiger partial charge in [0.15, 0.2) is 5.78 Å². The Morgan fingerprint density at radius 2 is 1.58 bits per heavy atom. The van der Waals surface area contributed by atoms with Gasteiger partial charge in [-0.2, -0.15) is 0 Å². The van der Waals surface area contributed by atoms with Crippen molar-refractivity contribution in [1.82, 2.24) is 9.80 Å². The summed E-state index contributed by atoms with van der Waals surface area (Å²) in [5.41, 5.74) is 3.09. The van der Waals surface area contributed by atoms with Gasteiger partial charge in [0.2, 0.25) is 0 Å². The third-order valence-corrected chi connectivity index (χ3v) is 4.44. The summed E-state index contributed by atoms with van der Waals surface area (Å²) in [5, 5.41) is 0. The highest BCUT2D eigenvalue weighted by atomic mass is 19.1. The predicted molar refractivity (Wildman–Crippen MR) is 95.7 cm³/mol. The van der Waals surface area contributed by atoms with Crippen molar-refractivity contribution in [3.05, 3.63) is 102 Å². The third kappa shape index (κ3) is 3.04. The minimum atomic E-state index is -0.375. The van der Waals surface area contributed by atoms with Gasteiger partial charge in [0, 0.05) is 30.1 Å². The number of Topliss-reactive ketones (excluding diaryl/α,β-unsaturated/α-hetero) is 1. The Bertz CT molecular complexity index is 927. The number of nitrogens with zero attached hydrogens (tertiary/aromatic N) is 2. The Hall–Kier alpha value is -3.21. The van der Waals surface area contributed by atoms with Crippen LogP contribution in [-0.2, 0) is 0 Å². The molecule has 0 saturated carbocycles. The average Bonchev–Trinajstić information content (AvgIpc) is 3.12. The van der Waals surface area contributed by atoms with Crippen LogP contribution >= 0.6 is 0 Å². The summed E-state index contributed by atoms with van der Waals surface area (Å²) in [6.45, 7) is 0.871. The van der Waals surface area contributed by atoms with Crippen LogP contribution in [0.3, 0.4) is 0 Å². The number of ketones is 1. The molecule has 0 radical (unpaired) electrons. The van der Waals surface area contributed by atoms with Gasteiger partial charge >= 0.3 is 0 Å². The Balaban J connectivity index is 1.67. The molecule has 2 aromatic carbocycles. The van der Waals surface area contributed by atoms with Crippen LogP contribution in [0.2, 0.25) is 0 Å². The molecule has 26 heavy (non-hydrogen) atoms. The molecule has 0 fully saturated rings. The number of hydrogen-bond acceptors (Lipinski definition) is 3. The zero-order valence-corrected chi connectivity index (χ0v) is 13.9. The maximum Gasteiger partial charge on any atom is 0.182 e. The zero-order chi connectivity index (χ0) is 18.1. The molecule has 130 valence electrons. The molecule has 0 aliphatic carbocycles. The van der Waals surface area contributed by atoms with Crippen molar-refractivity contribution < 1.29 is 13.6 Å². The van der Waals surface area contributed by atoms with Gasteiger partial charge in [-0.3, -0.25) is 4.79 Å². The number of carbonyl (C=O) groups is 1. The van der Waals surface area contributed by atoms with Crippen LogP contribution in [0.4, 0.5) is 8.78 Å². The predicted octanol–water partition coefficient (Wildman–Crippen LogP) is 4.17. The van der Waals surface area contributed by atoms with Crippen LogP contribution in [-0.4, -0.2) is 28.7 Å². The van der Waals surface area contributed by atoms with E-state index in [9.17, 15) is 13.6 Å². The first-order valence-electron chi connectivity index (χ1n) is 8.29. The smallest absolute Gasteiger partial charge is 0.182 e. The summed E-state index contributed by atoms with van der Waals surface area (Å²) in [5.74, 6) is -0.802. The lowest BCUT2D eigenvalue weighted by Crippen LogP contribution is -2.30. The quantitative estimate of drug-likeness (QED) is 0.773. The normalized spacial score (nSPS) is 15.6. The Morgan fingerprint density at radius 1 is 0.923 bits per heavy atom. The topological polar surface area (TPSA) is 23.6 Å². The molecule has 2 aliphatic rings.